The number of hydrogen-bond donors (Lipinski definition) is 0. The van der Waals surface area contributed by atoms with Gasteiger partial charge < -0.3 is 14.4 Å². The molecule has 0 fully saturated rings. The van der Waals surface area contributed by atoms with E-state index in [9.17, 15) is 14.9 Å². The summed E-state index contributed by atoms with van der Waals surface area (Å²) in [6.07, 6.45) is 0.676. The van der Waals surface area contributed by atoms with Crippen LogP contribution in [-0.4, -0.2) is 46.7 Å². The monoisotopic (exact) mass is 297 g/mol. The third kappa shape index (κ3) is 6.07. The molecular formula is C13H19N3O5. The zero-order valence-electron chi connectivity index (χ0n) is 12.5. The van der Waals surface area contributed by atoms with Crippen LogP contribution < -0.4 is 4.74 Å². The highest BCUT2D eigenvalue weighted by Gasteiger charge is 2.19. The number of amides is 1. The van der Waals surface area contributed by atoms with Crippen molar-refractivity contribution < 1.29 is 19.2 Å². The van der Waals surface area contributed by atoms with Gasteiger partial charge in [-0.05, 0) is 20.8 Å². The van der Waals surface area contributed by atoms with Crippen LogP contribution in [0.5, 0.6) is 5.88 Å². The molecular weight excluding hydrogens is 278 g/mol. The molecule has 1 aromatic rings. The van der Waals surface area contributed by atoms with E-state index in [0.717, 1.165) is 6.20 Å². The van der Waals surface area contributed by atoms with Crippen molar-refractivity contribution in [1.29, 1.82) is 0 Å². The molecule has 0 saturated carbocycles. The number of ether oxygens (including phenoxy) is 2. The highest BCUT2D eigenvalue weighted by Crippen LogP contribution is 2.13. The van der Waals surface area contributed by atoms with E-state index in [0.29, 0.717) is 6.54 Å². The molecule has 0 aliphatic heterocycles. The number of pyridine rings is 1. The molecule has 0 aromatic carbocycles. The van der Waals surface area contributed by atoms with E-state index in [1.807, 2.05) is 0 Å². The van der Waals surface area contributed by atoms with Crippen molar-refractivity contribution in [1.82, 2.24) is 9.88 Å². The molecule has 0 saturated heterocycles. The third-order valence-electron chi connectivity index (χ3n) is 2.31. The van der Waals surface area contributed by atoms with Crippen molar-refractivity contribution in [3.63, 3.8) is 0 Å². The quantitative estimate of drug-likeness (QED) is 0.611. The van der Waals surface area contributed by atoms with Crippen LogP contribution in [0.1, 0.15) is 20.8 Å². The summed E-state index contributed by atoms with van der Waals surface area (Å²) in [5.41, 5.74) is -0.653. The van der Waals surface area contributed by atoms with Gasteiger partial charge in [0.1, 0.15) is 18.4 Å². The first-order valence-electron chi connectivity index (χ1n) is 6.36. The number of rotatable bonds is 5. The Morgan fingerprint density at radius 3 is 2.57 bits per heavy atom. The van der Waals surface area contributed by atoms with Crippen molar-refractivity contribution in [3.05, 3.63) is 28.4 Å². The first-order valence-corrected chi connectivity index (χ1v) is 6.36. The molecule has 0 radical (unpaired) electrons. The summed E-state index contributed by atoms with van der Waals surface area (Å²) < 4.78 is 10.5. The topological polar surface area (TPSA) is 94.8 Å². The second-order valence-corrected chi connectivity index (χ2v) is 5.36. The van der Waals surface area contributed by atoms with E-state index < -0.39 is 16.6 Å². The van der Waals surface area contributed by atoms with Gasteiger partial charge in [0.05, 0.1) is 11.5 Å². The van der Waals surface area contributed by atoms with E-state index in [-0.39, 0.29) is 18.2 Å². The number of carbonyl (C=O) groups is 1. The van der Waals surface area contributed by atoms with Crippen LogP contribution in [0, 0.1) is 10.1 Å². The van der Waals surface area contributed by atoms with Crippen molar-refractivity contribution in [3.8, 4) is 5.88 Å². The predicted molar refractivity (Wildman–Crippen MR) is 75.3 cm³/mol. The van der Waals surface area contributed by atoms with Gasteiger partial charge in [-0.1, -0.05) is 0 Å². The Hall–Kier alpha value is -2.38. The van der Waals surface area contributed by atoms with Gasteiger partial charge in [-0.25, -0.2) is 9.78 Å². The fourth-order valence-corrected chi connectivity index (χ4v) is 1.28. The van der Waals surface area contributed by atoms with Crippen molar-refractivity contribution >= 4 is 11.8 Å². The Labute approximate surface area is 122 Å². The maximum Gasteiger partial charge on any atom is 0.410 e. The van der Waals surface area contributed by atoms with Gasteiger partial charge >= 0.3 is 6.09 Å². The first kappa shape index (κ1) is 16.7. The Morgan fingerprint density at radius 1 is 1.43 bits per heavy atom. The lowest BCUT2D eigenvalue weighted by Crippen LogP contribution is -2.36. The van der Waals surface area contributed by atoms with Crippen LogP contribution in [0.25, 0.3) is 0 Å². The molecule has 1 aromatic heterocycles. The number of likely N-dealkylation sites (N-methyl/N-ethyl adjacent to an activating group) is 1. The third-order valence-corrected chi connectivity index (χ3v) is 2.31. The molecule has 0 aliphatic rings. The van der Waals surface area contributed by atoms with Gasteiger partial charge in [-0.2, -0.15) is 0 Å². The van der Waals surface area contributed by atoms with E-state index in [1.165, 1.54) is 17.0 Å². The maximum atomic E-state index is 11.7. The van der Waals surface area contributed by atoms with E-state index in [2.05, 4.69) is 4.98 Å². The lowest BCUT2D eigenvalue weighted by molar-refractivity contribution is -0.385. The number of hydrogen-bond acceptors (Lipinski definition) is 6. The molecule has 1 amide bonds. The van der Waals surface area contributed by atoms with Crippen molar-refractivity contribution in [2.45, 2.75) is 26.4 Å². The van der Waals surface area contributed by atoms with E-state index >= 15 is 0 Å². The minimum atomic E-state index is -0.549. The lowest BCUT2D eigenvalue weighted by atomic mass is 10.2. The Balaban J connectivity index is 2.39. The Kier molecular flexibility index (Phi) is 5.45. The molecule has 0 N–H and O–H groups in total. The maximum absolute atomic E-state index is 11.7. The van der Waals surface area contributed by atoms with Crippen LogP contribution in [-0.2, 0) is 4.74 Å². The molecule has 0 spiro atoms. The van der Waals surface area contributed by atoms with Gasteiger partial charge in [-0.3, -0.25) is 10.1 Å². The van der Waals surface area contributed by atoms with Crippen molar-refractivity contribution in [2.24, 2.45) is 0 Å². The number of carbonyl (C=O) groups excluding carboxylic acids is 1. The molecule has 8 heteroatoms. The lowest BCUT2D eigenvalue weighted by Gasteiger charge is -2.24. The van der Waals surface area contributed by atoms with Crippen molar-refractivity contribution in [2.75, 3.05) is 20.2 Å². The normalized spacial score (nSPS) is 10.9. The van der Waals surface area contributed by atoms with Crippen LogP contribution in [0.3, 0.4) is 0 Å². The van der Waals surface area contributed by atoms with Gasteiger partial charge in [0.2, 0.25) is 5.88 Å². The zero-order valence-corrected chi connectivity index (χ0v) is 12.5. The van der Waals surface area contributed by atoms with Gasteiger partial charge in [0, 0.05) is 19.2 Å². The Morgan fingerprint density at radius 2 is 2.10 bits per heavy atom. The molecule has 21 heavy (non-hydrogen) atoms. The van der Waals surface area contributed by atoms with Gasteiger partial charge in [0.25, 0.3) is 5.69 Å². The molecule has 0 aliphatic carbocycles. The van der Waals surface area contributed by atoms with Gasteiger partial charge in [0.15, 0.2) is 0 Å². The van der Waals surface area contributed by atoms with Crippen LogP contribution in [0.4, 0.5) is 10.5 Å². The average Bonchev–Trinajstić information content (AvgIpc) is 2.37. The highest BCUT2D eigenvalue weighted by atomic mass is 16.6. The summed E-state index contributed by atoms with van der Waals surface area (Å²) in [5, 5.41) is 10.5. The fourth-order valence-electron chi connectivity index (χ4n) is 1.28. The van der Waals surface area contributed by atoms with Crippen LogP contribution >= 0.6 is 0 Å². The molecule has 0 unspecified atom stereocenters. The summed E-state index contributed by atoms with van der Waals surface area (Å²) in [7, 11) is 1.60. The van der Waals surface area contributed by atoms with Gasteiger partial charge in [-0.15, -0.1) is 0 Å². The zero-order chi connectivity index (χ0) is 16.0. The Bertz CT molecular complexity index is 496. The molecule has 8 nitrogen and oxygen atoms in total. The first-order chi connectivity index (χ1) is 9.69. The highest BCUT2D eigenvalue weighted by molar-refractivity contribution is 5.67. The summed E-state index contributed by atoms with van der Waals surface area (Å²) in [5.74, 6) is 0.262. The number of nitro groups is 1. The summed E-state index contributed by atoms with van der Waals surface area (Å²) in [4.78, 5) is 26.8. The second kappa shape index (κ2) is 6.87. The average molecular weight is 297 g/mol. The fraction of sp³-hybridized carbons (Fsp3) is 0.538. The molecule has 1 rings (SSSR count). The molecule has 0 bridgehead atoms. The minimum Gasteiger partial charge on any atom is -0.476 e. The molecule has 116 valence electrons. The number of nitrogens with zero attached hydrogens (tertiary/aromatic N) is 3. The van der Waals surface area contributed by atoms with E-state index in [4.69, 9.17) is 9.47 Å². The summed E-state index contributed by atoms with van der Waals surface area (Å²) in [6.45, 7) is 5.89. The smallest absolute Gasteiger partial charge is 0.410 e. The summed E-state index contributed by atoms with van der Waals surface area (Å²) in [6, 6.07) is 2.71. The standard InChI is InChI=1S/C13H19N3O5/c1-13(2,3)21-12(17)15(4)7-8-20-11-6-5-10(9-14-11)16(18)19/h5-6,9H,7-8H2,1-4H3. The SMILES string of the molecule is CN(CCOc1ccc([N+](=O)[O-])cn1)C(=O)OC(C)(C)C. The second-order valence-electron chi connectivity index (χ2n) is 5.36. The molecule has 1 heterocycles. The summed E-state index contributed by atoms with van der Waals surface area (Å²) >= 11 is 0. The van der Waals surface area contributed by atoms with E-state index in [1.54, 1.807) is 27.8 Å². The minimum absolute atomic E-state index is 0.103. The van der Waals surface area contributed by atoms with Crippen LogP contribution in [0.2, 0.25) is 0 Å². The van der Waals surface area contributed by atoms with Crippen LogP contribution in [0.15, 0.2) is 18.3 Å². The predicted octanol–water partition coefficient (Wildman–Crippen LogP) is 2.24. The molecule has 0 atom stereocenters. The largest absolute Gasteiger partial charge is 0.476 e. The number of aromatic nitrogens is 1.